The molecule has 0 amide bonds. The lowest BCUT2D eigenvalue weighted by Gasteiger charge is -2.08. The predicted molar refractivity (Wildman–Crippen MR) is 83.7 cm³/mol. The summed E-state index contributed by atoms with van der Waals surface area (Å²) >= 11 is 0. The Balaban J connectivity index is 0.000000573. The molecular formula is C14H31N5. The average Bonchev–Trinajstić information content (AvgIpc) is 3.11. The van der Waals surface area contributed by atoms with Crippen molar-refractivity contribution >= 4 is 11.9 Å². The Morgan fingerprint density at radius 3 is 2.26 bits per heavy atom. The summed E-state index contributed by atoms with van der Waals surface area (Å²) in [4.78, 5) is 4.20. The Morgan fingerprint density at radius 1 is 1.21 bits per heavy atom. The first-order valence-corrected chi connectivity index (χ1v) is 7.64. The van der Waals surface area contributed by atoms with Gasteiger partial charge in [-0.3, -0.25) is 0 Å². The van der Waals surface area contributed by atoms with E-state index in [1.54, 1.807) is 0 Å². The monoisotopic (exact) mass is 269 g/mol. The highest BCUT2D eigenvalue weighted by molar-refractivity contribution is 5.32. The number of aromatic nitrogens is 3. The lowest BCUT2D eigenvalue weighted by atomic mass is 10.1. The van der Waals surface area contributed by atoms with E-state index < -0.39 is 0 Å². The van der Waals surface area contributed by atoms with Gasteiger partial charge in [0.25, 0.3) is 0 Å². The molecule has 1 aromatic rings. The van der Waals surface area contributed by atoms with Crippen molar-refractivity contribution in [1.29, 1.82) is 0 Å². The summed E-state index contributed by atoms with van der Waals surface area (Å²) in [6.07, 6.45) is 6.70. The quantitative estimate of drug-likeness (QED) is 0.776. The molecule has 1 aliphatic carbocycles. The summed E-state index contributed by atoms with van der Waals surface area (Å²) in [6, 6.07) is 0. The minimum atomic E-state index is 0.638. The van der Waals surface area contributed by atoms with Crippen LogP contribution in [0.3, 0.4) is 0 Å². The number of H-pyrrole nitrogens is 1. The average molecular weight is 269 g/mol. The molecule has 0 aliphatic heterocycles. The fourth-order valence-electron chi connectivity index (χ4n) is 1.91. The number of nitrogens with zero attached hydrogens (tertiary/aromatic N) is 2. The van der Waals surface area contributed by atoms with E-state index in [0.29, 0.717) is 5.95 Å². The van der Waals surface area contributed by atoms with Crippen LogP contribution in [-0.2, 0) is 0 Å². The smallest absolute Gasteiger partial charge is 0.243 e. The van der Waals surface area contributed by atoms with Crippen LogP contribution in [0.15, 0.2) is 0 Å². The molecule has 1 saturated carbocycles. The first kappa shape index (κ1) is 17.7. The van der Waals surface area contributed by atoms with Crippen molar-refractivity contribution in [3.8, 4) is 0 Å². The molecule has 1 aliphatic rings. The SMILES string of the molecule is CC.CCC.CNc1n[nH]c(NCC2CCCC2)n1. The molecule has 1 fully saturated rings. The van der Waals surface area contributed by atoms with Crippen LogP contribution in [0.4, 0.5) is 11.9 Å². The largest absolute Gasteiger partial charge is 0.356 e. The van der Waals surface area contributed by atoms with Gasteiger partial charge in [-0.25, -0.2) is 5.10 Å². The lowest BCUT2D eigenvalue weighted by molar-refractivity contribution is 0.578. The second kappa shape index (κ2) is 11.8. The summed E-state index contributed by atoms with van der Waals surface area (Å²) in [5.41, 5.74) is 0. The highest BCUT2D eigenvalue weighted by Crippen LogP contribution is 2.24. The lowest BCUT2D eigenvalue weighted by Crippen LogP contribution is -2.11. The second-order valence-corrected chi connectivity index (χ2v) is 4.50. The van der Waals surface area contributed by atoms with Crippen LogP contribution in [0.2, 0.25) is 0 Å². The van der Waals surface area contributed by atoms with E-state index in [2.05, 4.69) is 39.7 Å². The summed E-state index contributed by atoms with van der Waals surface area (Å²) < 4.78 is 0. The summed E-state index contributed by atoms with van der Waals surface area (Å²) in [6.45, 7) is 9.26. The number of anilines is 2. The Labute approximate surface area is 118 Å². The molecule has 19 heavy (non-hydrogen) atoms. The first-order chi connectivity index (χ1) is 9.30. The third-order valence-electron chi connectivity index (χ3n) is 2.74. The van der Waals surface area contributed by atoms with Gasteiger partial charge < -0.3 is 10.6 Å². The molecule has 0 radical (unpaired) electrons. The molecule has 3 N–H and O–H groups in total. The van der Waals surface area contributed by atoms with Crippen molar-refractivity contribution in [3.05, 3.63) is 0 Å². The van der Waals surface area contributed by atoms with Gasteiger partial charge in [0.05, 0.1) is 0 Å². The van der Waals surface area contributed by atoms with Crippen LogP contribution in [-0.4, -0.2) is 28.8 Å². The number of aromatic amines is 1. The van der Waals surface area contributed by atoms with E-state index in [1.165, 1.54) is 32.1 Å². The van der Waals surface area contributed by atoms with E-state index in [0.717, 1.165) is 18.4 Å². The van der Waals surface area contributed by atoms with E-state index in [1.807, 2.05) is 20.9 Å². The van der Waals surface area contributed by atoms with E-state index in [4.69, 9.17) is 0 Å². The molecule has 0 unspecified atom stereocenters. The Bertz CT molecular complexity index is 292. The maximum Gasteiger partial charge on any atom is 0.243 e. The van der Waals surface area contributed by atoms with Crippen LogP contribution in [0, 0.1) is 5.92 Å². The molecule has 0 saturated heterocycles. The first-order valence-electron chi connectivity index (χ1n) is 7.64. The van der Waals surface area contributed by atoms with Crippen molar-refractivity contribution in [1.82, 2.24) is 15.2 Å². The Kier molecular flexibility index (Phi) is 11.0. The van der Waals surface area contributed by atoms with Crippen molar-refractivity contribution in [2.24, 2.45) is 5.92 Å². The van der Waals surface area contributed by atoms with Gasteiger partial charge in [-0.2, -0.15) is 4.98 Å². The highest BCUT2D eigenvalue weighted by Gasteiger charge is 2.14. The summed E-state index contributed by atoms with van der Waals surface area (Å²) in [5, 5.41) is 13.0. The molecule has 5 heteroatoms. The van der Waals surface area contributed by atoms with Crippen molar-refractivity contribution in [2.45, 2.75) is 59.8 Å². The van der Waals surface area contributed by atoms with Crippen LogP contribution in [0.25, 0.3) is 0 Å². The van der Waals surface area contributed by atoms with Gasteiger partial charge in [0.2, 0.25) is 11.9 Å². The third kappa shape index (κ3) is 7.70. The fourth-order valence-corrected chi connectivity index (χ4v) is 1.91. The molecule has 0 aromatic carbocycles. The maximum atomic E-state index is 4.20. The molecule has 0 atom stereocenters. The van der Waals surface area contributed by atoms with Gasteiger partial charge in [-0.05, 0) is 18.8 Å². The van der Waals surface area contributed by atoms with E-state index in [9.17, 15) is 0 Å². The molecule has 0 bridgehead atoms. The highest BCUT2D eigenvalue weighted by atomic mass is 15.3. The number of rotatable bonds is 4. The molecule has 1 heterocycles. The zero-order valence-corrected chi connectivity index (χ0v) is 13.2. The topological polar surface area (TPSA) is 65.6 Å². The van der Waals surface area contributed by atoms with Crippen molar-refractivity contribution < 1.29 is 0 Å². The van der Waals surface area contributed by atoms with Crippen molar-refractivity contribution in [3.63, 3.8) is 0 Å². The normalized spacial score (nSPS) is 13.9. The van der Waals surface area contributed by atoms with Crippen LogP contribution in [0.5, 0.6) is 0 Å². The van der Waals surface area contributed by atoms with Crippen LogP contribution < -0.4 is 10.6 Å². The zero-order chi connectivity index (χ0) is 14.5. The van der Waals surface area contributed by atoms with Gasteiger partial charge in [-0.1, -0.05) is 47.0 Å². The summed E-state index contributed by atoms with van der Waals surface area (Å²) in [7, 11) is 1.81. The van der Waals surface area contributed by atoms with Gasteiger partial charge in [0.15, 0.2) is 0 Å². The zero-order valence-electron chi connectivity index (χ0n) is 13.2. The van der Waals surface area contributed by atoms with E-state index in [-0.39, 0.29) is 0 Å². The standard InChI is InChI=1S/C9H17N5.C3H8.C2H6/c1-10-8-12-9(14-13-8)11-6-7-4-2-3-5-7;1-3-2;1-2/h7H,2-6H2,1H3,(H3,10,11,12,13,14);3H2,1-2H3;1-2H3. The fraction of sp³-hybridized carbons (Fsp3) is 0.857. The minimum Gasteiger partial charge on any atom is -0.356 e. The van der Waals surface area contributed by atoms with E-state index >= 15 is 0 Å². The minimum absolute atomic E-state index is 0.638. The predicted octanol–water partition coefficient (Wildman–Crippen LogP) is 3.89. The molecule has 2 rings (SSSR count). The van der Waals surface area contributed by atoms with Crippen LogP contribution >= 0.6 is 0 Å². The van der Waals surface area contributed by atoms with Gasteiger partial charge in [0, 0.05) is 13.6 Å². The number of hydrogen-bond donors (Lipinski definition) is 3. The maximum absolute atomic E-state index is 4.20. The molecule has 5 nitrogen and oxygen atoms in total. The molecular weight excluding hydrogens is 238 g/mol. The Hall–Kier alpha value is -1.26. The number of hydrogen-bond acceptors (Lipinski definition) is 4. The molecule has 1 aromatic heterocycles. The Morgan fingerprint density at radius 2 is 1.79 bits per heavy atom. The van der Waals surface area contributed by atoms with Gasteiger partial charge >= 0.3 is 0 Å². The number of nitrogens with one attached hydrogen (secondary N) is 3. The van der Waals surface area contributed by atoms with Gasteiger partial charge in [-0.15, -0.1) is 5.10 Å². The van der Waals surface area contributed by atoms with Crippen molar-refractivity contribution in [2.75, 3.05) is 24.2 Å². The van der Waals surface area contributed by atoms with Gasteiger partial charge in [0.1, 0.15) is 0 Å². The molecule has 112 valence electrons. The third-order valence-corrected chi connectivity index (χ3v) is 2.74. The van der Waals surface area contributed by atoms with Crippen LogP contribution in [0.1, 0.15) is 59.8 Å². The summed E-state index contributed by atoms with van der Waals surface area (Å²) in [5.74, 6) is 2.22. The second-order valence-electron chi connectivity index (χ2n) is 4.50. The molecule has 0 spiro atoms.